The Morgan fingerprint density at radius 1 is 1.07 bits per heavy atom. The zero-order valence-electron chi connectivity index (χ0n) is 16.0. The minimum Gasteiger partial charge on any atom is -0.493 e. The SMILES string of the molecule is COc1ccc(C=Cc2nc(C#N)c(NC(C)c3ccccc3)o2)cc1OC. The third-order valence-electron chi connectivity index (χ3n) is 4.22. The van der Waals surface area contributed by atoms with Gasteiger partial charge >= 0.3 is 0 Å². The molecule has 0 aliphatic rings. The van der Waals surface area contributed by atoms with E-state index < -0.39 is 0 Å². The van der Waals surface area contributed by atoms with Crippen molar-refractivity contribution in [3.05, 3.63) is 71.2 Å². The van der Waals surface area contributed by atoms with E-state index in [0.29, 0.717) is 23.3 Å². The van der Waals surface area contributed by atoms with Crippen LogP contribution < -0.4 is 14.8 Å². The number of aromatic nitrogens is 1. The molecule has 1 unspecified atom stereocenters. The summed E-state index contributed by atoms with van der Waals surface area (Å²) in [4.78, 5) is 4.23. The van der Waals surface area contributed by atoms with Crippen molar-refractivity contribution in [3.8, 4) is 17.6 Å². The molecule has 0 saturated carbocycles. The first-order chi connectivity index (χ1) is 13.6. The van der Waals surface area contributed by atoms with Crippen LogP contribution in [0.5, 0.6) is 11.5 Å². The minimum atomic E-state index is -0.0241. The first kappa shape index (κ1) is 19.1. The molecule has 0 aliphatic heterocycles. The van der Waals surface area contributed by atoms with E-state index in [1.54, 1.807) is 20.3 Å². The van der Waals surface area contributed by atoms with Crippen LogP contribution in [0, 0.1) is 11.3 Å². The second kappa shape index (κ2) is 8.78. The molecule has 0 fully saturated rings. The van der Waals surface area contributed by atoms with E-state index in [9.17, 15) is 5.26 Å². The summed E-state index contributed by atoms with van der Waals surface area (Å²) >= 11 is 0. The van der Waals surface area contributed by atoms with Crippen LogP contribution in [0.2, 0.25) is 0 Å². The lowest BCUT2D eigenvalue weighted by atomic mass is 10.1. The van der Waals surface area contributed by atoms with Gasteiger partial charge in [-0.3, -0.25) is 0 Å². The highest BCUT2D eigenvalue weighted by Crippen LogP contribution is 2.29. The summed E-state index contributed by atoms with van der Waals surface area (Å²) in [6.07, 6.45) is 3.54. The summed E-state index contributed by atoms with van der Waals surface area (Å²) in [6.45, 7) is 2.00. The van der Waals surface area contributed by atoms with Gasteiger partial charge in [0, 0.05) is 6.08 Å². The molecule has 0 radical (unpaired) electrons. The topological polar surface area (TPSA) is 80.3 Å². The summed E-state index contributed by atoms with van der Waals surface area (Å²) in [6, 6.07) is 17.5. The summed E-state index contributed by atoms with van der Waals surface area (Å²) in [5, 5.41) is 12.6. The molecule has 0 spiro atoms. The fraction of sp³-hybridized carbons (Fsp3) is 0.182. The van der Waals surface area contributed by atoms with Crippen molar-refractivity contribution in [2.45, 2.75) is 13.0 Å². The molecular weight excluding hydrogens is 354 g/mol. The highest BCUT2D eigenvalue weighted by Gasteiger charge is 2.15. The van der Waals surface area contributed by atoms with E-state index in [0.717, 1.165) is 11.1 Å². The number of hydrogen-bond acceptors (Lipinski definition) is 6. The Bertz CT molecular complexity index is 1000. The zero-order valence-corrected chi connectivity index (χ0v) is 16.0. The van der Waals surface area contributed by atoms with Gasteiger partial charge in [0.2, 0.25) is 17.5 Å². The summed E-state index contributed by atoms with van der Waals surface area (Å²) in [7, 11) is 3.18. The lowest BCUT2D eigenvalue weighted by Gasteiger charge is -2.12. The van der Waals surface area contributed by atoms with Crippen molar-refractivity contribution in [2.75, 3.05) is 19.5 Å². The van der Waals surface area contributed by atoms with Gasteiger partial charge in [0.25, 0.3) is 0 Å². The predicted octanol–water partition coefficient (Wildman–Crippen LogP) is 4.91. The lowest BCUT2D eigenvalue weighted by Crippen LogP contribution is -2.06. The molecule has 1 heterocycles. The normalized spacial score (nSPS) is 11.8. The van der Waals surface area contributed by atoms with Crippen molar-refractivity contribution in [1.29, 1.82) is 5.26 Å². The number of benzene rings is 2. The standard InChI is InChI=1S/C22H21N3O3/c1-15(17-7-5-4-6-8-17)24-22-18(14-23)25-21(28-22)12-10-16-9-11-19(26-2)20(13-16)27-3/h4-13,15,24H,1-3H3. The van der Waals surface area contributed by atoms with Crippen molar-refractivity contribution >= 4 is 18.0 Å². The highest BCUT2D eigenvalue weighted by atomic mass is 16.5. The van der Waals surface area contributed by atoms with Crippen molar-refractivity contribution in [1.82, 2.24) is 4.98 Å². The Morgan fingerprint density at radius 3 is 2.50 bits per heavy atom. The number of rotatable bonds is 7. The van der Waals surface area contributed by atoms with Gasteiger partial charge in [-0.25, -0.2) is 0 Å². The number of methoxy groups -OCH3 is 2. The number of nitrogens with zero attached hydrogens (tertiary/aromatic N) is 2. The van der Waals surface area contributed by atoms with Crippen molar-refractivity contribution in [2.24, 2.45) is 0 Å². The Kier molecular flexibility index (Phi) is 5.97. The van der Waals surface area contributed by atoms with Gasteiger partial charge in [-0.1, -0.05) is 36.4 Å². The Hall–Kier alpha value is -3.72. The molecule has 6 heteroatoms. The molecule has 0 bridgehead atoms. The number of anilines is 1. The molecule has 0 saturated heterocycles. The molecule has 3 rings (SSSR count). The second-order valence-corrected chi connectivity index (χ2v) is 6.07. The average Bonchev–Trinajstić information content (AvgIpc) is 3.14. The Morgan fingerprint density at radius 2 is 1.82 bits per heavy atom. The predicted molar refractivity (Wildman–Crippen MR) is 108 cm³/mol. The molecule has 1 atom stereocenters. The van der Waals surface area contributed by atoms with Crippen LogP contribution in [0.4, 0.5) is 5.88 Å². The van der Waals surface area contributed by atoms with E-state index in [-0.39, 0.29) is 11.7 Å². The van der Waals surface area contributed by atoms with Gasteiger partial charge in [-0.05, 0) is 36.3 Å². The lowest BCUT2D eigenvalue weighted by molar-refractivity contribution is 0.355. The maximum atomic E-state index is 9.36. The maximum absolute atomic E-state index is 9.36. The van der Waals surface area contributed by atoms with E-state index in [2.05, 4.69) is 16.4 Å². The van der Waals surface area contributed by atoms with Crippen molar-refractivity contribution in [3.63, 3.8) is 0 Å². The van der Waals surface area contributed by atoms with E-state index >= 15 is 0 Å². The van der Waals surface area contributed by atoms with Crippen LogP contribution in [-0.4, -0.2) is 19.2 Å². The number of nitriles is 1. The quantitative estimate of drug-likeness (QED) is 0.632. The van der Waals surface area contributed by atoms with Crippen LogP contribution in [0.25, 0.3) is 12.2 Å². The fourth-order valence-corrected chi connectivity index (χ4v) is 2.73. The second-order valence-electron chi connectivity index (χ2n) is 6.07. The number of hydrogen-bond donors (Lipinski definition) is 1. The molecule has 1 aromatic heterocycles. The van der Waals surface area contributed by atoms with Gasteiger partial charge in [0.15, 0.2) is 11.5 Å². The largest absolute Gasteiger partial charge is 0.493 e. The van der Waals surface area contributed by atoms with Crippen LogP contribution >= 0.6 is 0 Å². The first-order valence-electron chi connectivity index (χ1n) is 8.77. The van der Waals surface area contributed by atoms with Gasteiger partial charge in [0.1, 0.15) is 6.07 Å². The zero-order chi connectivity index (χ0) is 19.9. The Labute approximate surface area is 164 Å². The van der Waals surface area contributed by atoms with Crippen LogP contribution in [0.1, 0.15) is 35.7 Å². The molecule has 1 N–H and O–H groups in total. The number of oxazole rings is 1. The highest BCUT2D eigenvalue weighted by molar-refractivity contribution is 5.69. The monoisotopic (exact) mass is 375 g/mol. The van der Waals surface area contributed by atoms with Gasteiger partial charge in [0.05, 0.1) is 20.3 Å². The van der Waals surface area contributed by atoms with Gasteiger partial charge in [-0.2, -0.15) is 10.2 Å². The maximum Gasteiger partial charge on any atom is 0.233 e. The summed E-state index contributed by atoms with van der Waals surface area (Å²) in [5.41, 5.74) is 2.20. The smallest absolute Gasteiger partial charge is 0.233 e. The van der Waals surface area contributed by atoms with Crippen molar-refractivity contribution < 1.29 is 13.9 Å². The number of nitrogens with one attached hydrogen (secondary N) is 1. The molecule has 142 valence electrons. The molecule has 6 nitrogen and oxygen atoms in total. The summed E-state index contributed by atoms with van der Waals surface area (Å²) < 4.78 is 16.3. The first-order valence-corrected chi connectivity index (χ1v) is 8.77. The van der Waals surface area contributed by atoms with E-state index in [1.807, 2.05) is 61.5 Å². The minimum absolute atomic E-state index is 0.0241. The van der Waals surface area contributed by atoms with Crippen LogP contribution in [-0.2, 0) is 0 Å². The molecule has 0 aliphatic carbocycles. The Balaban J connectivity index is 1.79. The molecule has 2 aromatic carbocycles. The molecule has 3 aromatic rings. The average molecular weight is 375 g/mol. The summed E-state index contributed by atoms with van der Waals surface area (Å²) in [5.74, 6) is 1.98. The van der Waals surface area contributed by atoms with Gasteiger partial charge in [-0.15, -0.1) is 0 Å². The fourth-order valence-electron chi connectivity index (χ4n) is 2.73. The molecule has 28 heavy (non-hydrogen) atoms. The van der Waals surface area contributed by atoms with Crippen LogP contribution in [0.15, 0.2) is 52.9 Å². The third kappa shape index (κ3) is 4.33. The van der Waals surface area contributed by atoms with Crippen LogP contribution in [0.3, 0.4) is 0 Å². The molecule has 0 amide bonds. The van der Waals surface area contributed by atoms with E-state index in [1.165, 1.54) is 0 Å². The molecular formula is C22H21N3O3. The van der Waals surface area contributed by atoms with Gasteiger partial charge < -0.3 is 19.2 Å². The van der Waals surface area contributed by atoms with E-state index in [4.69, 9.17) is 13.9 Å². The number of ether oxygens (including phenoxy) is 2. The third-order valence-corrected chi connectivity index (χ3v) is 4.22.